The molecular weight excluding hydrogens is 271 g/mol. The number of nitrogens with zero attached hydrogens (tertiary/aromatic N) is 2. The molecule has 5 nitrogen and oxygen atoms in total. The van der Waals surface area contributed by atoms with Crippen LogP contribution in [0.1, 0.15) is 31.4 Å². The zero-order valence-corrected chi connectivity index (χ0v) is 12.9. The lowest BCUT2D eigenvalue weighted by molar-refractivity contribution is 0.251. The molecule has 0 aromatic heterocycles. The molecule has 1 atom stereocenters. The van der Waals surface area contributed by atoms with Crippen LogP contribution < -0.4 is 11.1 Å². The molecule has 1 aromatic carbocycles. The molecule has 0 radical (unpaired) electrons. The Labute approximate surface area is 125 Å². The van der Waals surface area contributed by atoms with Crippen molar-refractivity contribution in [2.75, 3.05) is 20.1 Å². The summed E-state index contributed by atoms with van der Waals surface area (Å²) in [5.74, 6) is -0.486. The Morgan fingerprint density at radius 2 is 2.19 bits per heavy atom. The van der Waals surface area contributed by atoms with Gasteiger partial charge in [-0.2, -0.15) is 0 Å². The average Bonchev–Trinajstić information content (AvgIpc) is 2.49. The van der Waals surface area contributed by atoms with E-state index < -0.39 is 5.82 Å². The predicted octanol–water partition coefficient (Wildman–Crippen LogP) is 1.74. The van der Waals surface area contributed by atoms with Gasteiger partial charge in [-0.05, 0) is 44.2 Å². The van der Waals surface area contributed by atoms with Gasteiger partial charge in [0.15, 0.2) is 5.84 Å². The highest BCUT2D eigenvalue weighted by Crippen LogP contribution is 2.09. The van der Waals surface area contributed by atoms with Crippen molar-refractivity contribution in [2.24, 2.45) is 10.9 Å². The first kappa shape index (κ1) is 17.4. The second kappa shape index (κ2) is 8.59. The largest absolute Gasteiger partial charge is 0.409 e. The van der Waals surface area contributed by atoms with Crippen molar-refractivity contribution in [3.8, 4) is 0 Å². The van der Waals surface area contributed by atoms with Crippen LogP contribution in [0.15, 0.2) is 23.4 Å². The van der Waals surface area contributed by atoms with Crippen molar-refractivity contribution in [3.63, 3.8) is 0 Å². The van der Waals surface area contributed by atoms with Gasteiger partial charge in [0.2, 0.25) is 0 Å². The molecule has 0 aliphatic rings. The molecule has 1 unspecified atom stereocenters. The molecule has 118 valence electrons. The molecule has 1 aromatic rings. The number of amidine groups is 1. The second-order valence-corrected chi connectivity index (χ2v) is 5.25. The van der Waals surface area contributed by atoms with Gasteiger partial charge in [-0.1, -0.05) is 12.1 Å². The molecule has 4 N–H and O–H groups in total. The second-order valence-electron chi connectivity index (χ2n) is 5.25. The van der Waals surface area contributed by atoms with Gasteiger partial charge in [0, 0.05) is 31.2 Å². The van der Waals surface area contributed by atoms with Gasteiger partial charge in [-0.15, -0.1) is 0 Å². The van der Waals surface area contributed by atoms with Crippen molar-refractivity contribution in [1.82, 2.24) is 10.2 Å². The fourth-order valence-corrected chi connectivity index (χ4v) is 1.98. The summed E-state index contributed by atoms with van der Waals surface area (Å²) in [6.07, 6.45) is 1.11. The number of hydrogen-bond acceptors (Lipinski definition) is 4. The summed E-state index contributed by atoms with van der Waals surface area (Å²) in [6, 6.07) is 4.95. The first-order valence-electron chi connectivity index (χ1n) is 7.16. The van der Waals surface area contributed by atoms with E-state index >= 15 is 0 Å². The number of rotatable bonds is 8. The summed E-state index contributed by atoms with van der Waals surface area (Å²) in [6.45, 7) is 6.64. The first-order valence-corrected chi connectivity index (χ1v) is 7.16. The maximum Gasteiger partial charge on any atom is 0.170 e. The molecule has 0 aliphatic carbocycles. The molecule has 0 amide bonds. The molecule has 0 bridgehead atoms. The van der Waals surface area contributed by atoms with Crippen LogP contribution in [0.4, 0.5) is 4.39 Å². The third kappa shape index (κ3) is 5.69. The van der Waals surface area contributed by atoms with E-state index in [4.69, 9.17) is 10.9 Å². The van der Waals surface area contributed by atoms with E-state index in [1.165, 1.54) is 12.1 Å². The summed E-state index contributed by atoms with van der Waals surface area (Å²) >= 11 is 0. The number of nitrogens with two attached hydrogens (primary N) is 1. The number of nitrogens with one attached hydrogen (secondary N) is 1. The summed E-state index contributed by atoms with van der Waals surface area (Å²) in [7, 11) is 2.09. The summed E-state index contributed by atoms with van der Waals surface area (Å²) in [5, 5.41) is 14.8. The maximum atomic E-state index is 13.5. The molecule has 0 heterocycles. The minimum absolute atomic E-state index is 0.0905. The lowest BCUT2D eigenvalue weighted by Gasteiger charge is -2.23. The number of halogens is 1. The third-order valence-electron chi connectivity index (χ3n) is 3.67. The van der Waals surface area contributed by atoms with Gasteiger partial charge in [-0.3, -0.25) is 0 Å². The van der Waals surface area contributed by atoms with E-state index in [-0.39, 0.29) is 5.84 Å². The Bertz CT molecular complexity index is 479. The van der Waals surface area contributed by atoms with Crippen LogP contribution in [-0.2, 0) is 6.54 Å². The molecule has 0 spiro atoms. The number of oxime groups is 1. The molecule has 6 heteroatoms. The molecule has 0 aliphatic heterocycles. The standard InChI is InChI=1S/C15H25FN4O/c1-4-11(2)20(3)6-5-18-10-12-7-13(15(17)19-21)9-14(16)8-12/h7-9,11,18,21H,4-6,10H2,1-3H3,(H2,17,19). The van der Waals surface area contributed by atoms with Crippen LogP contribution >= 0.6 is 0 Å². The van der Waals surface area contributed by atoms with Crippen LogP contribution in [0.3, 0.4) is 0 Å². The van der Waals surface area contributed by atoms with Gasteiger partial charge in [0.25, 0.3) is 0 Å². The number of hydrogen-bond donors (Lipinski definition) is 3. The highest BCUT2D eigenvalue weighted by Gasteiger charge is 2.07. The van der Waals surface area contributed by atoms with Crippen LogP contribution in [0.2, 0.25) is 0 Å². The van der Waals surface area contributed by atoms with E-state index in [0.29, 0.717) is 18.2 Å². The molecule has 21 heavy (non-hydrogen) atoms. The van der Waals surface area contributed by atoms with Gasteiger partial charge in [-0.25, -0.2) is 4.39 Å². The Hall–Kier alpha value is -1.66. The highest BCUT2D eigenvalue weighted by atomic mass is 19.1. The Kier molecular flexibility index (Phi) is 7.11. The van der Waals surface area contributed by atoms with Crippen LogP contribution in [0, 0.1) is 5.82 Å². The van der Waals surface area contributed by atoms with Crippen molar-refractivity contribution in [2.45, 2.75) is 32.9 Å². The highest BCUT2D eigenvalue weighted by molar-refractivity contribution is 5.97. The number of benzene rings is 1. The predicted molar refractivity (Wildman–Crippen MR) is 83.0 cm³/mol. The van der Waals surface area contributed by atoms with Crippen LogP contribution in [0.25, 0.3) is 0 Å². The molecule has 0 fully saturated rings. The van der Waals surface area contributed by atoms with Gasteiger partial charge >= 0.3 is 0 Å². The molecular formula is C15H25FN4O. The van der Waals surface area contributed by atoms with E-state index in [1.807, 2.05) is 0 Å². The maximum absolute atomic E-state index is 13.5. The zero-order valence-electron chi connectivity index (χ0n) is 12.9. The SMILES string of the molecule is CCC(C)N(C)CCNCc1cc(F)cc(/C(N)=N/O)c1. The minimum Gasteiger partial charge on any atom is -0.409 e. The average molecular weight is 296 g/mol. The fourth-order valence-electron chi connectivity index (χ4n) is 1.98. The first-order chi connectivity index (χ1) is 9.97. The summed E-state index contributed by atoms with van der Waals surface area (Å²) in [4.78, 5) is 2.28. The Morgan fingerprint density at radius 3 is 2.81 bits per heavy atom. The van der Waals surface area contributed by atoms with Crippen molar-refractivity contribution in [1.29, 1.82) is 0 Å². The van der Waals surface area contributed by atoms with E-state index in [9.17, 15) is 4.39 Å². The van der Waals surface area contributed by atoms with Gasteiger partial charge in [0.05, 0.1) is 0 Å². The van der Waals surface area contributed by atoms with E-state index in [2.05, 4.69) is 36.3 Å². The van der Waals surface area contributed by atoms with Crippen LogP contribution in [0.5, 0.6) is 0 Å². The Balaban J connectivity index is 2.51. The minimum atomic E-state index is -0.396. The quantitative estimate of drug-likeness (QED) is 0.225. The number of likely N-dealkylation sites (N-methyl/N-ethyl adjacent to an activating group) is 1. The molecule has 1 rings (SSSR count). The lowest BCUT2D eigenvalue weighted by atomic mass is 10.1. The van der Waals surface area contributed by atoms with Crippen molar-refractivity contribution < 1.29 is 9.60 Å². The Morgan fingerprint density at radius 1 is 1.48 bits per heavy atom. The van der Waals surface area contributed by atoms with E-state index in [1.54, 1.807) is 6.07 Å². The summed E-state index contributed by atoms with van der Waals surface area (Å²) in [5.41, 5.74) is 6.63. The normalized spacial score (nSPS) is 13.7. The van der Waals surface area contributed by atoms with Crippen molar-refractivity contribution >= 4 is 5.84 Å². The van der Waals surface area contributed by atoms with Gasteiger partial charge in [0.1, 0.15) is 5.82 Å². The van der Waals surface area contributed by atoms with Gasteiger partial charge < -0.3 is 21.2 Å². The fraction of sp³-hybridized carbons (Fsp3) is 0.533. The molecule has 0 saturated heterocycles. The lowest BCUT2D eigenvalue weighted by Crippen LogP contribution is -2.34. The van der Waals surface area contributed by atoms with Crippen LogP contribution in [-0.4, -0.2) is 42.1 Å². The third-order valence-corrected chi connectivity index (χ3v) is 3.67. The monoisotopic (exact) mass is 296 g/mol. The van der Waals surface area contributed by atoms with Crippen molar-refractivity contribution in [3.05, 3.63) is 35.1 Å². The topological polar surface area (TPSA) is 73.9 Å². The smallest absolute Gasteiger partial charge is 0.170 e. The molecule has 0 saturated carbocycles. The van der Waals surface area contributed by atoms with E-state index in [0.717, 1.165) is 25.1 Å². The zero-order chi connectivity index (χ0) is 15.8. The summed E-state index contributed by atoms with van der Waals surface area (Å²) < 4.78 is 13.5.